The molecule has 0 heterocycles. The van der Waals surface area contributed by atoms with Gasteiger partial charge in [0.25, 0.3) is 0 Å². The van der Waals surface area contributed by atoms with Crippen LogP contribution in [0.15, 0.2) is 89.8 Å². The first-order valence-electron chi connectivity index (χ1n) is 12.4. The monoisotopic (exact) mass is 712 g/mol. The van der Waals surface area contributed by atoms with Gasteiger partial charge in [0, 0.05) is 6.04 Å². The third kappa shape index (κ3) is 8.91. The van der Waals surface area contributed by atoms with Gasteiger partial charge in [0.1, 0.15) is 14.9 Å². The number of sulfonamides is 1. The molecular weight excluding hydrogens is 684 g/mol. The average Bonchev–Trinajstić information content (AvgIpc) is 3.00. The molecule has 0 saturated heterocycles. The molecule has 4 rings (SSSR count). The Morgan fingerprint density at radius 2 is 1.07 bits per heavy atom. The minimum atomic E-state index is -5.34. The van der Waals surface area contributed by atoms with Crippen LogP contribution in [0.3, 0.4) is 0 Å². The van der Waals surface area contributed by atoms with Crippen molar-refractivity contribution in [1.82, 2.24) is 0 Å². The molecular formula is C30H28ClF5N2O2RuS+. The molecule has 0 aliphatic carbocycles. The molecule has 0 spiro atoms. The molecule has 12 heteroatoms. The summed E-state index contributed by atoms with van der Waals surface area (Å²) < 4.78 is 97.3. The summed E-state index contributed by atoms with van der Waals surface area (Å²) >= 11 is 1.82. The summed E-state index contributed by atoms with van der Waals surface area (Å²) in [5.41, 5.74) is 9.63. The third-order valence-corrected chi connectivity index (χ3v) is 7.47. The Morgan fingerprint density at radius 1 is 0.667 bits per heavy atom. The van der Waals surface area contributed by atoms with Crippen LogP contribution in [0.1, 0.15) is 54.1 Å². The number of nitrogens with zero attached hydrogens (tertiary/aromatic N) is 1. The fourth-order valence-electron chi connectivity index (χ4n) is 3.81. The first kappa shape index (κ1) is 35.5. The molecule has 4 aromatic carbocycles. The molecule has 0 aliphatic rings. The predicted octanol–water partition coefficient (Wildman–Crippen LogP) is 8.69. The van der Waals surface area contributed by atoms with E-state index in [9.17, 15) is 30.4 Å². The van der Waals surface area contributed by atoms with Crippen LogP contribution in [0.4, 0.5) is 22.0 Å². The fraction of sp³-hybridized carbons (Fsp3) is 0.200. The maximum absolute atomic E-state index is 14.1. The maximum atomic E-state index is 14.1. The van der Waals surface area contributed by atoms with Crippen molar-refractivity contribution < 1.29 is 47.7 Å². The normalized spacial score (nSPS) is 12.5. The average molecular weight is 712 g/mol. The van der Waals surface area contributed by atoms with Crippen molar-refractivity contribution >= 4 is 19.7 Å². The van der Waals surface area contributed by atoms with Gasteiger partial charge in [0.05, 0.1) is 0 Å². The first-order valence-corrected chi connectivity index (χ1v) is 16.1. The second kappa shape index (κ2) is 16.2. The van der Waals surface area contributed by atoms with Gasteiger partial charge in [-0.1, -0.05) is 116 Å². The van der Waals surface area contributed by atoms with Crippen molar-refractivity contribution in [3.8, 4) is 0 Å². The van der Waals surface area contributed by atoms with Crippen molar-refractivity contribution in [3.63, 3.8) is 0 Å². The minimum absolute atomic E-state index is 0.265. The number of halogens is 6. The number of aryl methyl sites for hydroxylation is 1. The van der Waals surface area contributed by atoms with E-state index in [1.165, 1.54) is 23.3 Å². The fourth-order valence-corrected chi connectivity index (χ4v) is 5.10. The summed E-state index contributed by atoms with van der Waals surface area (Å²) in [5, 5.41) is 0. The van der Waals surface area contributed by atoms with Gasteiger partial charge in [-0.15, -0.1) is 0 Å². The van der Waals surface area contributed by atoms with Gasteiger partial charge in [-0.25, -0.2) is 30.4 Å². The number of nitrogens with two attached hydrogens (primary N) is 1. The Kier molecular flexibility index (Phi) is 13.7. The zero-order valence-electron chi connectivity index (χ0n) is 22.7. The summed E-state index contributed by atoms with van der Waals surface area (Å²) in [7, 11) is -0.767. The van der Waals surface area contributed by atoms with Gasteiger partial charge in [-0.2, -0.15) is 0 Å². The standard InChI is InChI=1S/C20H14F5N2O2S.C10H14.ClH.Ru/c21-13-14(22)16(24)20(17(25)15(13)23)30(28,29)27-19(12-9-5-2-6-10-12)18(26)11-7-3-1-4-8-11;1-8(2)10-6-4-9(3)5-7-10;;/h1-10,18-19H,26H2;4-8H,1-3H3;1H;/q-1;;;+3/p-1/t18-,19-;;;/m0.../s1. The number of hydrogen-bond acceptors (Lipinski definition) is 3. The van der Waals surface area contributed by atoms with Gasteiger partial charge >= 0.3 is 27.0 Å². The number of hydrogen-bond donors (Lipinski definition) is 1. The van der Waals surface area contributed by atoms with Gasteiger partial charge in [-0.3, -0.25) is 0 Å². The first-order chi connectivity index (χ1) is 19.8. The van der Waals surface area contributed by atoms with Crippen molar-refractivity contribution in [3.05, 3.63) is 141 Å². The van der Waals surface area contributed by atoms with E-state index in [4.69, 9.17) is 5.73 Å². The van der Waals surface area contributed by atoms with Gasteiger partial charge in [0.15, 0.2) is 23.3 Å². The van der Waals surface area contributed by atoms with E-state index in [-0.39, 0.29) is 5.56 Å². The van der Waals surface area contributed by atoms with Crippen molar-refractivity contribution in [2.75, 3.05) is 0 Å². The van der Waals surface area contributed by atoms with E-state index in [2.05, 4.69) is 59.4 Å². The van der Waals surface area contributed by atoms with E-state index in [0.29, 0.717) is 11.5 Å². The Labute approximate surface area is 256 Å². The van der Waals surface area contributed by atoms with Crippen LogP contribution < -0.4 is 5.73 Å². The van der Waals surface area contributed by atoms with Crippen LogP contribution in [-0.4, -0.2) is 8.42 Å². The Balaban J connectivity index is 0.000000431. The second-order valence-corrected chi connectivity index (χ2v) is 10.9. The van der Waals surface area contributed by atoms with Crippen LogP contribution in [0.2, 0.25) is 0 Å². The van der Waals surface area contributed by atoms with Crippen molar-refractivity contribution in [2.45, 2.75) is 43.7 Å². The van der Waals surface area contributed by atoms with E-state index in [1.807, 2.05) is 17.3 Å². The molecule has 2 N–H and O–H groups in total. The van der Waals surface area contributed by atoms with Gasteiger partial charge in [0.2, 0.25) is 5.82 Å². The van der Waals surface area contributed by atoms with Crippen LogP contribution in [0, 0.1) is 36.0 Å². The molecule has 0 amide bonds. The third-order valence-electron chi connectivity index (χ3n) is 6.09. The molecule has 0 unspecified atom stereocenters. The zero-order valence-corrected chi connectivity index (χ0v) is 26.0. The van der Waals surface area contributed by atoms with Crippen LogP contribution in [0.25, 0.3) is 4.72 Å². The molecule has 225 valence electrons. The van der Waals surface area contributed by atoms with Crippen molar-refractivity contribution in [1.29, 1.82) is 0 Å². The molecule has 0 bridgehead atoms. The molecule has 0 aromatic heterocycles. The van der Waals surface area contributed by atoms with Gasteiger partial charge < -0.3 is 10.5 Å². The predicted molar refractivity (Wildman–Crippen MR) is 150 cm³/mol. The van der Waals surface area contributed by atoms with E-state index < -0.39 is 56.1 Å². The van der Waals surface area contributed by atoms with E-state index in [0.717, 1.165) is 0 Å². The van der Waals surface area contributed by atoms with Crippen LogP contribution in [0.5, 0.6) is 0 Å². The summed E-state index contributed by atoms with van der Waals surface area (Å²) in [6.07, 6.45) is 0. The Morgan fingerprint density at radius 3 is 1.50 bits per heavy atom. The summed E-state index contributed by atoms with van der Waals surface area (Å²) in [4.78, 5) is -2.03. The Hall–Kier alpha value is -2.69. The van der Waals surface area contributed by atoms with Crippen molar-refractivity contribution in [2.24, 2.45) is 5.73 Å². The number of benzene rings is 4. The SMILES string of the molecule is Cc1ccc(C(C)C)cc1.N[C@@H](c1ccccc1)[C@@H]([N-]S(=O)(=O)c1c(F)c(F)c(F)c(F)c1F)c1ccccc1.[Cl][Ru+2]. The van der Waals surface area contributed by atoms with Gasteiger partial charge in [-0.05, 0) is 24.0 Å². The van der Waals surface area contributed by atoms with Crippen LogP contribution >= 0.6 is 9.69 Å². The summed E-state index contributed by atoms with van der Waals surface area (Å²) in [5.74, 6) is -11.6. The molecule has 4 nitrogen and oxygen atoms in total. The molecule has 2 atom stereocenters. The molecule has 42 heavy (non-hydrogen) atoms. The van der Waals surface area contributed by atoms with E-state index in [1.54, 1.807) is 48.5 Å². The molecule has 0 radical (unpaired) electrons. The quantitative estimate of drug-likeness (QED) is 0.0903. The molecule has 4 aromatic rings. The zero-order chi connectivity index (χ0) is 31.6. The molecule has 0 saturated carbocycles. The molecule has 0 fully saturated rings. The topological polar surface area (TPSA) is 74.3 Å². The Bertz CT molecular complexity index is 1520. The second-order valence-electron chi connectivity index (χ2n) is 9.34. The molecule has 0 aliphatic heterocycles. The summed E-state index contributed by atoms with van der Waals surface area (Å²) in [6, 6.07) is 22.1. The number of rotatable bonds is 7. The summed E-state index contributed by atoms with van der Waals surface area (Å²) in [6.45, 7) is 6.54. The van der Waals surface area contributed by atoms with Crippen LogP contribution in [-0.2, 0) is 27.3 Å². The van der Waals surface area contributed by atoms with E-state index >= 15 is 0 Å².